The predicted molar refractivity (Wildman–Crippen MR) is 83.7 cm³/mol. The largest absolute Gasteiger partial charge is 0.306 e. The van der Waals surface area contributed by atoms with Crippen molar-refractivity contribution in [2.75, 3.05) is 0 Å². The van der Waals surface area contributed by atoms with E-state index in [1.54, 1.807) is 25.0 Å². The molecule has 0 N–H and O–H groups in total. The van der Waals surface area contributed by atoms with Crippen molar-refractivity contribution >= 4 is 27.1 Å². The van der Waals surface area contributed by atoms with Crippen molar-refractivity contribution in [1.29, 1.82) is 0 Å². The molecule has 21 heavy (non-hydrogen) atoms. The fourth-order valence-corrected chi connectivity index (χ4v) is 2.60. The summed E-state index contributed by atoms with van der Waals surface area (Å²) < 4.78 is 4.86. The van der Waals surface area contributed by atoms with Crippen molar-refractivity contribution in [3.8, 4) is 11.4 Å². The monoisotopic (exact) mass is 339 g/mol. The van der Waals surface area contributed by atoms with Crippen molar-refractivity contribution < 1.29 is 0 Å². The predicted octanol–water partition coefficient (Wildman–Crippen LogP) is 3.37. The fourth-order valence-electron chi connectivity index (χ4n) is 2.28. The number of pyridine rings is 1. The highest BCUT2D eigenvalue weighted by molar-refractivity contribution is 9.10. The van der Waals surface area contributed by atoms with Crippen molar-refractivity contribution in [1.82, 2.24) is 24.1 Å². The topological polar surface area (TPSA) is 48.5 Å². The van der Waals surface area contributed by atoms with Gasteiger partial charge in [-0.15, -0.1) is 0 Å². The number of nitrogens with zero attached hydrogens (tertiary/aromatic N) is 5. The van der Waals surface area contributed by atoms with Gasteiger partial charge in [-0.3, -0.25) is 4.57 Å². The molecule has 0 saturated heterocycles. The van der Waals surface area contributed by atoms with E-state index in [2.05, 4.69) is 36.9 Å². The number of rotatable bonds is 2. The summed E-state index contributed by atoms with van der Waals surface area (Å²) in [6.45, 7) is 0. The fraction of sp³-hybridized carbons (Fsp3) is 0. The molecule has 0 fully saturated rings. The number of halogens is 1. The van der Waals surface area contributed by atoms with Gasteiger partial charge in [0.2, 0.25) is 0 Å². The minimum atomic E-state index is 0.834. The molecule has 5 nitrogen and oxygen atoms in total. The molecule has 0 atom stereocenters. The molecule has 3 heterocycles. The lowest BCUT2D eigenvalue weighted by Gasteiger charge is -2.07. The Labute approximate surface area is 129 Å². The van der Waals surface area contributed by atoms with Gasteiger partial charge in [-0.1, -0.05) is 6.07 Å². The van der Waals surface area contributed by atoms with Crippen LogP contribution in [0, 0.1) is 0 Å². The van der Waals surface area contributed by atoms with Gasteiger partial charge in [0.1, 0.15) is 11.8 Å². The first kappa shape index (κ1) is 12.3. The summed E-state index contributed by atoms with van der Waals surface area (Å²) in [6.07, 6.45) is 9.02. The highest BCUT2D eigenvalue weighted by Crippen LogP contribution is 2.21. The zero-order valence-electron chi connectivity index (χ0n) is 10.9. The third-order valence-corrected chi connectivity index (χ3v) is 3.70. The van der Waals surface area contributed by atoms with Crippen LogP contribution in [-0.4, -0.2) is 24.1 Å². The Morgan fingerprint density at radius 1 is 1.00 bits per heavy atom. The second-order valence-corrected chi connectivity index (χ2v) is 5.52. The molecule has 4 aromatic rings. The first-order valence-electron chi connectivity index (χ1n) is 6.39. The number of imidazole rings is 2. The average molecular weight is 340 g/mol. The van der Waals surface area contributed by atoms with Crippen LogP contribution < -0.4 is 0 Å². The third-order valence-electron chi connectivity index (χ3n) is 3.26. The van der Waals surface area contributed by atoms with Gasteiger partial charge in [0.05, 0.1) is 12.0 Å². The van der Waals surface area contributed by atoms with E-state index in [-0.39, 0.29) is 0 Å². The maximum Gasteiger partial charge on any atom is 0.164 e. The van der Waals surface area contributed by atoms with Crippen LogP contribution in [0.5, 0.6) is 0 Å². The van der Waals surface area contributed by atoms with E-state index in [1.165, 1.54) is 0 Å². The molecule has 0 amide bonds. The van der Waals surface area contributed by atoms with Gasteiger partial charge < -0.3 is 4.57 Å². The molecule has 102 valence electrons. The van der Waals surface area contributed by atoms with E-state index in [4.69, 9.17) is 0 Å². The summed E-state index contributed by atoms with van der Waals surface area (Å²) in [4.78, 5) is 12.9. The minimum absolute atomic E-state index is 0.834. The van der Waals surface area contributed by atoms with Crippen molar-refractivity contribution in [3.63, 3.8) is 0 Å². The normalized spacial score (nSPS) is 11.1. The summed E-state index contributed by atoms with van der Waals surface area (Å²) in [6, 6.07) is 10.1. The molecule has 6 heteroatoms. The lowest BCUT2D eigenvalue weighted by Crippen LogP contribution is -1.96. The molecule has 0 radical (unpaired) electrons. The van der Waals surface area contributed by atoms with Crippen LogP contribution in [0.15, 0.2) is 66.0 Å². The van der Waals surface area contributed by atoms with Gasteiger partial charge in [0.15, 0.2) is 5.65 Å². The Bertz CT molecular complexity index is 911. The molecule has 1 aromatic carbocycles. The smallest absolute Gasteiger partial charge is 0.164 e. The number of hydrogen-bond donors (Lipinski definition) is 0. The van der Waals surface area contributed by atoms with Gasteiger partial charge in [-0.05, 0) is 40.2 Å². The SMILES string of the molecule is Brc1cnc2c(c1)ncn2-c1cccc(-n2ccnc2)c1. The van der Waals surface area contributed by atoms with E-state index in [0.29, 0.717) is 0 Å². The standard InChI is InChI=1S/C15H10BrN5/c16-11-6-14-15(18-8-11)21(10-19-14)13-3-1-2-12(7-13)20-5-4-17-9-20/h1-10H. The van der Waals surface area contributed by atoms with Gasteiger partial charge in [0.25, 0.3) is 0 Å². The Balaban J connectivity index is 1.87. The first-order chi connectivity index (χ1) is 10.3. The van der Waals surface area contributed by atoms with E-state index in [0.717, 1.165) is 27.0 Å². The van der Waals surface area contributed by atoms with E-state index < -0.39 is 0 Å². The summed E-state index contributed by atoms with van der Waals surface area (Å²) >= 11 is 3.41. The molecular weight excluding hydrogens is 330 g/mol. The van der Waals surface area contributed by atoms with Crippen LogP contribution in [0.3, 0.4) is 0 Å². The number of aromatic nitrogens is 5. The molecule has 3 aromatic heterocycles. The Morgan fingerprint density at radius 3 is 2.76 bits per heavy atom. The van der Waals surface area contributed by atoms with Crippen LogP contribution in [0.1, 0.15) is 0 Å². The Kier molecular flexibility index (Phi) is 2.82. The lowest BCUT2D eigenvalue weighted by atomic mass is 10.2. The minimum Gasteiger partial charge on any atom is -0.306 e. The summed E-state index contributed by atoms with van der Waals surface area (Å²) in [5, 5.41) is 0. The van der Waals surface area contributed by atoms with Gasteiger partial charge in [-0.25, -0.2) is 15.0 Å². The van der Waals surface area contributed by atoms with Crippen molar-refractivity contribution in [3.05, 3.63) is 66.0 Å². The quantitative estimate of drug-likeness (QED) is 0.562. The summed E-state index contributed by atoms with van der Waals surface area (Å²) in [5.41, 5.74) is 3.75. The molecular formula is C15H10BrN5. The molecule has 0 aliphatic rings. The summed E-state index contributed by atoms with van der Waals surface area (Å²) in [5.74, 6) is 0. The maximum absolute atomic E-state index is 4.44. The van der Waals surface area contributed by atoms with E-state index in [1.807, 2.05) is 39.6 Å². The van der Waals surface area contributed by atoms with Gasteiger partial charge >= 0.3 is 0 Å². The van der Waals surface area contributed by atoms with Crippen molar-refractivity contribution in [2.45, 2.75) is 0 Å². The van der Waals surface area contributed by atoms with Crippen LogP contribution >= 0.6 is 15.9 Å². The second kappa shape index (κ2) is 4.82. The van der Waals surface area contributed by atoms with Crippen LogP contribution in [-0.2, 0) is 0 Å². The maximum atomic E-state index is 4.44. The van der Waals surface area contributed by atoms with E-state index in [9.17, 15) is 0 Å². The second-order valence-electron chi connectivity index (χ2n) is 4.60. The van der Waals surface area contributed by atoms with Gasteiger partial charge in [0, 0.05) is 28.8 Å². The van der Waals surface area contributed by atoms with Crippen LogP contribution in [0.25, 0.3) is 22.5 Å². The van der Waals surface area contributed by atoms with Crippen LogP contribution in [0.2, 0.25) is 0 Å². The molecule has 0 aliphatic heterocycles. The molecule has 4 rings (SSSR count). The number of benzene rings is 1. The average Bonchev–Trinajstić information content (AvgIpc) is 3.16. The highest BCUT2D eigenvalue weighted by atomic mass is 79.9. The summed E-state index contributed by atoms with van der Waals surface area (Å²) in [7, 11) is 0. The number of hydrogen-bond acceptors (Lipinski definition) is 3. The van der Waals surface area contributed by atoms with E-state index >= 15 is 0 Å². The highest BCUT2D eigenvalue weighted by Gasteiger charge is 2.07. The van der Waals surface area contributed by atoms with Crippen molar-refractivity contribution in [2.24, 2.45) is 0 Å². The Hall–Kier alpha value is -2.47. The molecule has 0 aliphatic carbocycles. The third kappa shape index (κ3) is 2.13. The zero-order chi connectivity index (χ0) is 14.2. The van der Waals surface area contributed by atoms with Crippen LogP contribution in [0.4, 0.5) is 0 Å². The molecule has 0 unspecified atom stereocenters. The molecule has 0 saturated carbocycles. The number of fused-ring (bicyclic) bond motifs is 1. The molecule has 0 spiro atoms. The Morgan fingerprint density at radius 2 is 1.90 bits per heavy atom. The van der Waals surface area contributed by atoms with Gasteiger partial charge in [-0.2, -0.15) is 0 Å². The lowest BCUT2D eigenvalue weighted by molar-refractivity contribution is 1.03. The first-order valence-corrected chi connectivity index (χ1v) is 7.18. The molecule has 0 bridgehead atoms. The zero-order valence-corrected chi connectivity index (χ0v) is 12.5.